The van der Waals surface area contributed by atoms with Crippen molar-refractivity contribution in [2.75, 3.05) is 0 Å². The molecule has 0 spiro atoms. The highest BCUT2D eigenvalue weighted by atomic mass is 19.1. The maximum atomic E-state index is 13.4. The topological polar surface area (TPSA) is 38.7 Å². The molecule has 1 aliphatic heterocycles. The van der Waals surface area contributed by atoms with Gasteiger partial charge in [0.1, 0.15) is 23.3 Å². The molecule has 0 amide bonds. The van der Waals surface area contributed by atoms with Gasteiger partial charge in [-0.15, -0.1) is 0 Å². The zero-order valence-corrected chi connectivity index (χ0v) is 12.7. The molecule has 0 aromatic heterocycles. The van der Waals surface area contributed by atoms with Crippen LogP contribution >= 0.6 is 0 Å². The highest BCUT2D eigenvalue weighted by Crippen LogP contribution is 2.40. The van der Waals surface area contributed by atoms with Gasteiger partial charge in [-0.3, -0.25) is 0 Å². The van der Waals surface area contributed by atoms with Gasteiger partial charge in [0.25, 0.3) is 0 Å². The minimum Gasteiger partial charge on any atom is -0.487 e. The molecule has 0 bridgehead atoms. The van der Waals surface area contributed by atoms with E-state index in [4.69, 9.17) is 9.47 Å². The lowest BCUT2D eigenvalue weighted by Crippen LogP contribution is -2.37. The Kier molecular flexibility index (Phi) is 3.82. The van der Waals surface area contributed by atoms with Crippen molar-refractivity contribution in [1.82, 2.24) is 0 Å². The van der Waals surface area contributed by atoms with E-state index in [9.17, 15) is 9.50 Å². The first-order valence-corrected chi connectivity index (χ1v) is 6.95. The predicted octanol–water partition coefficient (Wildman–Crippen LogP) is 3.60. The molecular formula is C16H23FO3. The minimum atomic E-state index is -0.705. The lowest BCUT2D eigenvalue weighted by atomic mass is 9.97. The van der Waals surface area contributed by atoms with E-state index in [2.05, 4.69) is 0 Å². The van der Waals surface area contributed by atoms with Gasteiger partial charge in [-0.05, 0) is 46.8 Å². The van der Waals surface area contributed by atoms with Crippen molar-refractivity contribution in [1.29, 1.82) is 0 Å². The fourth-order valence-corrected chi connectivity index (χ4v) is 2.80. The van der Waals surface area contributed by atoms with E-state index in [-0.39, 0.29) is 17.5 Å². The van der Waals surface area contributed by atoms with E-state index >= 15 is 0 Å². The third-order valence-corrected chi connectivity index (χ3v) is 3.69. The number of hydrogen-bond acceptors (Lipinski definition) is 3. The van der Waals surface area contributed by atoms with Crippen LogP contribution in [0.4, 0.5) is 4.39 Å². The molecule has 1 heterocycles. The molecule has 4 heteroatoms. The molecule has 1 N–H and O–H groups in total. The summed E-state index contributed by atoms with van der Waals surface area (Å²) in [5.74, 6) is 0.0137. The van der Waals surface area contributed by atoms with Gasteiger partial charge < -0.3 is 14.6 Å². The second-order valence-corrected chi connectivity index (χ2v) is 6.63. The lowest BCUT2D eigenvalue weighted by molar-refractivity contribution is -0.0848. The number of halogens is 1. The molecule has 0 aliphatic carbocycles. The van der Waals surface area contributed by atoms with Crippen molar-refractivity contribution in [3.05, 3.63) is 29.6 Å². The second kappa shape index (κ2) is 5.01. The normalized spacial score (nSPS) is 25.4. The predicted molar refractivity (Wildman–Crippen MR) is 75.3 cm³/mol. The molecule has 0 saturated carbocycles. The molecule has 1 saturated heterocycles. The first kappa shape index (κ1) is 15.3. The first-order valence-electron chi connectivity index (χ1n) is 6.95. The summed E-state index contributed by atoms with van der Waals surface area (Å²) < 4.78 is 25.4. The largest absolute Gasteiger partial charge is 0.487 e. The van der Waals surface area contributed by atoms with Crippen molar-refractivity contribution < 1.29 is 19.0 Å². The van der Waals surface area contributed by atoms with Gasteiger partial charge >= 0.3 is 0 Å². The van der Waals surface area contributed by atoms with Crippen LogP contribution in [0.3, 0.4) is 0 Å². The van der Waals surface area contributed by atoms with Gasteiger partial charge in [0.05, 0.1) is 11.7 Å². The monoisotopic (exact) mass is 282 g/mol. The fourth-order valence-electron chi connectivity index (χ4n) is 2.80. The van der Waals surface area contributed by atoms with Gasteiger partial charge in [-0.1, -0.05) is 0 Å². The Labute approximate surface area is 119 Å². The molecule has 1 unspecified atom stereocenters. The molecule has 112 valence electrons. The highest BCUT2D eigenvalue weighted by molar-refractivity contribution is 5.36. The number of benzene rings is 1. The van der Waals surface area contributed by atoms with E-state index < -0.39 is 11.7 Å². The average molecular weight is 282 g/mol. The zero-order valence-electron chi connectivity index (χ0n) is 12.7. The number of ether oxygens (including phenoxy) is 2. The van der Waals surface area contributed by atoms with Crippen molar-refractivity contribution in [3.8, 4) is 5.75 Å². The average Bonchev–Trinajstić information content (AvgIpc) is 2.46. The minimum absolute atomic E-state index is 0.184. The summed E-state index contributed by atoms with van der Waals surface area (Å²) in [6.07, 6.45) is -0.170. The van der Waals surface area contributed by atoms with E-state index in [1.165, 1.54) is 12.1 Å². The van der Waals surface area contributed by atoms with Crippen molar-refractivity contribution in [2.45, 2.75) is 64.4 Å². The molecule has 2 rings (SSSR count). The Balaban J connectivity index is 2.28. The maximum absolute atomic E-state index is 13.4. The van der Waals surface area contributed by atoms with Crippen LogP contribution in [0.2, 0.25) is 0 Å². The van der Waals surface area contributed by atoms with Crippen LogP contribution in [-0.2, 0) is 4.74 Å². The van der Waals surface area contributed by atoms with E-state index in [0.717, 1.165) is 6.42 Å². The Morgan fingerprint density at radius 2 is 2.00 bits per heavy atom. The molecule has 0 radical (unpaired) electrons. The molecule has 1 fully saturated rings. The van der Waals surface area contributed by atoms with Crippen molar-refractivity contribution in [2.24, 2.45) is 0 Å². The Morgan fingerprint density at radius 3 is 2.50 bits per heavy atom. The second-order valence-electron chi connectivity index (χ2n) is 6.63. The van der Waals surface area contributed by atoms with Crippen LogP contribution in [0.15, 0.2) is 18.2 Å². The number of aliphatic hydroxyl groups excluding tert-OH is 1. The molecule has 1 aromatic carbocycles. The summed E-state index contributed by atoms with van der Waals surface area (Å²) in [5.41, 5.74) is -0.134. The van der Waals surface area contributed by atoms with E-state index in [1.54, 1.807) is 13.0 Å². The molecule has 2 atom stereocenters. The van der Waals surface area contributed by atoms with Crippen LogP contribution in [0, 0.1) is 5.82 Å². The third-order valence-electron chi connectivity index (χ3n) is 3.69. The van der Waals surface area contributed by atoms with E-state index in [1.807, 2.05) is 27.7 Å². The van der Waals surface area contributed by atoms with Gasteiger partial charge in [0.2, 0.25) is 0 Å². The van der Waals surface area contributed by atoms with Crippen LogP contribution in [0.5, 0.6) is 5.75 Å². The molecule has 1 aromatic rings. The lowest BCUT2D eigenvalue weighted by Gasteiger charge is -2.28. The fraction of sp³-hybridized carbons (Fsp3) is 0.625. The Bertz CT molecular complexity index is 494. The van der Waals surface area contributed by atoms with Gasteiger partial charge in [-0.25, -0.2) is 4.39 Å². The third kappa shape index (κ3) is 3.13. The smallest absolute Gasteiger partial charge is 0.130 e. The Morgan fingerprint density at radius 1 is 1.35 bits per heavy atom. The summed E-state index contributed by atoms with van der Waals surface area (Å²) in [6, 6.07) is 4.21. The summed E-state index contributed by atoms with van der Waals surface area (Å²) in [7, 11) is 0. The molecule has 1 aliphatic rings. The molecule has 3 nitrogen and oxygen atoms in total. The highest BCUT2D eigenvalue weighted by Gasteiger charge is 2.47. The first-order chi connectivity index (χ1) is 9.11. The Hall–Kier alpha value is -1.13. The summed E-state index contributed by atoms with van der Waals surface area (Å²) >= 11 is 0. The quantitative estimate of drug-likeness (QED) is 0.920. The van der Waals surface area contributed by atoms with E-state index in [0.29, 0.717) is 11.3 Å². The summed E-state index contributed by atoms with van der Waals surface area (Å²) in [5, 5.41) is 9.77. The SMILES string of the molecule is C[C@H](O)c1ccc(F)cc1OC1CC(C)(C)OC1(C)C. The van der Waals surface area contributed by atoms with Crippen LogP contribution < -0.4 is 4.74 Å². The number of hydrogen-bond donors (Lipinski definition) is 1. The van der Waals surface area contributed by atoms with Crippen molar-refractivity contribution >= 4 is 0 Å². The number of rotatable bonds is 3. The van der Waals surface area contributed by atoms with Gasteiger partial charge in [-0.2, -0.15) is 0 Å². The van der Waals surface area contributed by atoms with Gasteiger partial charge in [0.15, 0.2) is 0 Å². The number of aliphatic hydroxyl groups is 1. The van der Waals surface area contributed by atoms with Crippen LogP contribution in [0.25, 0.3) is 0 Å². The van der Waals surface area contributed by atoms with Gasteiger partial charge in [0, 0.05) is 18.1 Å². The summed E-state index contributed by atoms with van der Waals surface area (Å²) in [6.45, 7) is 9.60. The zero-order chi connectivity index (χ0) is 15.1. The molecular weight excluding hydrogens is 259 g/mol. The van der Waals surface area contributed by atoms with Crippen LogP contribution in [-0.4, -0.2) is 22.4 Å². The maximum Gasteiger partial charge on any atom is 0.130 e. The van der Waals surface area contributed by atoms with Crippen molar-refractivity contribution in [3.63, 3.8) is 0 Å². The molecule has 20 heavy (non-hydrogen) atoms. The standard InChI is InChI=1S/C16H23FO3/c1-10(18)12-7-6-11(17)8-13(12)19-14-9-15(2,3)20-16(14,4)5/h6-8,10,14,18H,9H2,1-5H3/t10-,14?/m0/s1. The van der Waals surface area contributed by atoms with Crippen LogP contribution in [0.1, 0.15) is 52.7 Å². The summed E-state index contributed by atoms with van der Waals surface area (Å²) in [4.78, 5) is 0.